The fraction of sp³-hybridized carbons (Fsp3) is 0.357. The van der Waals surface area contributed by atoms with E-state index in [0.717, 1.165) is 0 Å². The predicted octanol–water partition coefficient (Wildman–Crippen LogP) is 0.722. The van der Waals surface area contributed by atoms with Gasteiger partial charge in [-0.25, -0.2) is 0 Å². The van der Waals surface area contributed by atoms with Crippen molar-refractivity contribution in [2.45, 2.75) is 12.8 Å². The summed E-state index contributed by atoms with van der Waals surface area (Å²) in [7, 11) is 0. The quantitative estimate of drug-likeness (QED) is 0.849. The molecule has 1 atom stereocenters. The predicted molar refractivity (Wildman–Crippen MR) is 71.2 cm³/mol. The second-order valence-electron chi connectivity index (χ2n) is 4.87. The molecule has 20 heavy (non-hydrogen) atoms. The van der Waals surface area contributed by atoms with Crippen molar-refractivity contribution >= 4 is 17.8 Å². The Balaban J connectivity index is 2.10. The first-order valence-electron chi connectivity index (χ1n) is 6.41. The van der Waals surface area contributed by atoms with Crippen molar-refractivity contribution in [1.82, 2.24) is 4.90 Å². The lowest BCUT2D eigenvalue weighted by Crippen LogP contribution is -2.42. The van der Waals surface area contributed by atoms with Crippen LogP contribution >= 0.6 is 0 Å². The Morgan fingerprint density at radius 3 is 2.30 bits per heavy atom. The standard InChI is InChI=1S/C14H16N2O4/c15-12(17)9-3-5-10(6-4-9)13(18)16-7-1-2-11(8-16)14(19)20/h3-6,11H,1-2,7-8H2,(H2,15,17)(H,19,20)/t11-/m1/s1. The molecule has 0 aromatic heterocycles. The molecule has 1 aliphatic heterocycles. The first-order chi connectivity index (χ1) is 9.49. The number of aliphatic carboxylic acids is 1. The molecule has 1 aliphatic rings. The van der Waals surface area contributed by atoms with Crippen molar-refractivity contribution in [2.75, 3.05) is 13.1 Å². The van der Waals surface area contributed by atoms with Gasteiger partial charge in [0.05, 0.1) is 5.92 Å². The van der Waals surface area contributed by atoms with Crippen LogP contribution in [0.2, 0.25) is 0 Å². The zero-order valence-electron chi connectivity index (χ0n) is 10.9. The molecule has 1 heterocycles. The van der Waals surface area contributed by atoms with Crippen LogP contribution in [0, 0.1) is 5.92 Å². The molecule has 2 rings (SSSR count). The SMILES string of the molecule is NC(=O)c1ccc(C(=O)N2CCC[C@@H](C(=O)O)C2)cc1. The number of primary amides is 1. The molecule has 106 valence electrons. The van der Waals surface area contributed by atoms with Gasteiger partial charge in [-0.3, -0.25) is 14.4 Å². The highest BCUT2D eigenvalue weighted by molar-refractivity contribution is 5.97. The van der Waals surface area contributed by atoms with Gasteiger partial charge in [-0.1, -0.05) is 0 Å². The van der Waals surface area contributed by atoms with Crippen LogP contribution in [0.4, 0.5) is 0 Å². The monoisotopic (exact) mass is 276 g/mol. The lowest BCUT2D eigenvalue weighted by Gasteiger charge is -2.30. The lowest BCUT2D eigenvalue weighted by atomic mass is 9.97. The van der Waals surface area contributed by atoms with Crippen LogP contribution in [-0.2, 0) is 4.79 Å². The largest absolute Gasteiger partial charge is 0.481 e. The number of carbonyl (C=O) groups excluding carboxylic acids is 2. The number of likely N-dealkylation sites (tertiary alicyclic amines) is 1. The van der Waals surface area contributed by atoms with Gasteiger partial charge < -0.3 is 15.7 Å². The van der Waals surface area contributed by atoms with E-state index in [0.29, 0.717) is 30.5 Å². The van der Waals surface area contributed by atoms with Crippen LogP contribution in [-0.4, -0.2) is 40.9 Å². The molecule has 0 saturated carbocycles. The normalized spacial score (nSPS) is 18.6. The summed E-state index contributed by atoms with van der Waals surface area (Å²) >= 11 is 0. The van der Waals surface area contributed by atoms with Crippen molar-refractivity contribution in [1.29, 1.82) is 0 Å². The molecule has 1 aromatic rings. The average molecular weight is 276 g/mol. The minimum atomic E-state index is -0.869. The molecule has 1 saturated heterocycles. The third kappa shape index (κ3) is 2.96. The highest BCUT2D eigenvalue weighted by Crippen LogP contribution is 2.19. The third-order valence-electron chi connectivity index (χ3n) is 3.47. The molecular formula is C14H16N2O4. The van der Waals surface area contributed by atoms with E-state index in [2.05, 4.69) is 0 Å². The summed E-state index contributed by atoms with van der Waals surface area (Å²) < 4.78 is 0. The Bertz CT molecular complexity index is 539. The molecule has 3 N–H and O–H groups in total. The smallest absolute Gasteiger partial charge is 0.308 e. The molecule has 0 spiro atoms. The number of carboxylic acid groups (broad SMARTS) is 1. The topological polar surface area (TPSA) is 101 Å². The van der Waals surface area contributed by atoms with Gasteiger partial charge in [0, 0.05) is 24.2 Å². The minimum Gasteiger partial charge on any atom is -0.481 e. The summed E-state index contributed by atoms with van der Waals surface area (Å²) in [4.78, 5) is 35.8. The van der Waals surface area contributed by atoms with Gasteiger partial charge in [0.25, 0.3) is 5.91 Å². The average Bonchev–Trinajstić information content (AvgIpc) is 2.46. The fourth-order valence-electron chi connectivity index (χ4n) is 2.32. The van der Waals surface area contributed by atoms with Gasteiger partial charge in [-0.05, 0) is 37.1 Å². The number of hydrogen-bond acceptors (Lipinski definition) is 3. The summed E-state index contributed by atoms with van der Waals surface area (Å²) in [6.45, 7) is 0.784. The summed E-state index contributed by atoms with van der Waals surface area (Å²) in [6, 6.07) is 6.06. The minimum absolute atomic E-state index is 0.216. The molecule has 0 radical (unpaired) electrons. The molecule has 6 heteroatoms. The summed E-state index contributed by atoms with van der Waals surface area (Å²) in [5.74, 6) is -2.14. The second kappa shape index (κ2) is 5.73. The fourth-order valence-corrected chi connectivity index (χ4v) is 2.32. The Labute approximate surface area is 116 Å². The molecule has 0 aliphatic carbocycles. The Hall–Kier alpha value is -2.37. The van der Waals surface area contributed by atoms with Crippen LogP contribution < -0.4 is 5.73 Å². The second-order valence-corrected chi connectivity index (χ2v) is 4.87. The number of carbonyl (C=O) groups is 3. The molecule has 1 fully saturated rings. The zero-order valence-corrected chi connectivity index (χ0v) is 10.9. The van der Waals surface area contributed by atoms with E-state index in [1.54, 1.807) is 4.90 Å². The Morgan fingerprint density at radius 1 is 1.15 bits per heavy atom. The van der Waals surface area contributed by atoms with E-state index >= 15 is 0 Å². The van der Waals surface area contributed by atoms with E-state index in [4.69, 9.17) is 10.8 Å². The Kier molecular flexibility index (Phi) is 4.02. The number of rotatable bonds is 3. The third-order valence-corrected chi connectivity index (χ3v) is 3.47. The van der Waals surface area contributed by atoms with E-state index in [-0.39, 0.29) is 12.5 Å². The molecule has 1 aromatic carbocycles. The van der Waals surface area contributed by atoms with Crippen LogP contribution in [0.3, 0.4) is 0 Å². The number of benzene rings is 1. The number of amides is 2. The first kappa shape index (κ1) is 14.0. The van der Waals surface area contributed by atoms with Crippen LogP contribution in [0.25, 0.3) is 0 Å². The van der Waals surface area contributed by atoms with Crippen LogP contribution in [0.1, 0.15) is 33.6 Å². The first-order valence-corrected chi connectivity index (χ1v) is 6.41. The van der Waals surface area contributed by atoms with Crippen molar-refractivity contribution in [3.05, 3.63) is 35.4 Å². The zero-order chi connectivity index (χ0) is 14.7. The van der Waals surface area contributed by atoms with Crippen LogP contribution in [0.5, 0.6) is 0 Å². The van der Waals surface area contributed by atoms with Crippen LogP contribution in [0.15, 0.2) is 24.3 Å². The maximum absolute atomic E-state index is 12.3. The molecule has 0 unspecified atom stereocenters. The van der Waals surface area contributed by atoms with Gasteiger partial charge in [0.1, 0.15) is 0 Å². The highest BCUT2D eigenvalue weighted by Gasteiger charge is 2.28. The maximum atomic E-state index is 12.3. The van der Waals surface area contributed by atoms with Crippen molar-refractivity contribution < 1.29 is 19.5 Å². The summed E-state index contributed by atoms with van der Waals surface area (Å²) in [5.41, 5.74) is 5.90. The van der Waals surface area contributed by atoms with Crippen molar-refractivity contribution in [2.24, 2.45) is 11.7 Å². The number of nitrogens with zero attached hydrogens (tertiary/aromatic N) is 1. The number of carboxylic acids is 1. The molecule has 6 nitrogen and oxygen atoms in total. The van der Waals surface area contributed by atoms with Gasteiger partial charge in [-0.2, -0.15) is 0 Å². The molecule has 2 amide bonds. The highest BCUT2D eigenvalue weighted by atomic mass is 16.4. The van der Waals surface area contributed by atoms with Gasteiger partial charge in [0.2, 0.25) is 5.91 Å². The van der Waals surface area contributed by atoms with Gasteiger partial charge >= 0.3 is 5.97 Å². The molecular weight excluding hydrogens is 260 g/mol. The van der Waals surface area contributed by atoms with E-state index in [1.807, 2.05) is 0 Å². The lowest BCUT2D eigenvalue weighted by molar-refractivity contribution is -0.143. The summed E-state index contributed by atoms with van der Waals surface area (Å²) in [6.07, 6.45) is 1.28. The van der Waals surface area contributed by atoms with Crippen molar-refractivity contribution in [3.63, 3.8) is 0 Å². The van der Waals surface area contributed by atoms with E-state index < -0.39 is 17.8 Å². The summed E-state index contributed by atoms with van der Waals surface area (Å²) in [5, 5.41) is 9.02. The number of hydrogen-bond donors (Lipinski definition) is 2. The van der Waals surface area contributed by atoms with E-state index in [1.165, 1.54) is 24.3 Å². The van der Waals surface area contributed by atoms with Gasteiger partial charge in [-0.15, -0.1) is 0 Å². The van der Waals surface area contributed by atoms with E-state index in [9.17, 15) is 14.4 Å². The number of nitrogens with two attached hydrogens (primary N) is 1. The van der Waals surface area contributed by atoms with Crippen molar-refractivity contribution in [3.8, 4) is 0 Å². The van der Waals surface area contributed by atoms with Gasteiger partial charge in [0.15, 0.2) is 0 Å². The Morgan fingerprint density at radius 2 is 1.75 bits per heavy atom. The number of piperidine rings is 1. The maximum Gasteiger partial charge on any atom is 0.308 e. The molecule has 0 bridgehead atoms.